The third-order valence-electron chi connectivity index (χ3n) is 5.77. The van der Waals surface area contributed by atoms with E-state index in [-0.39, 0.29) is 17.1 Å². The molecule has 1 rings (SSSR count). The number of rotatable bonds is 15. The summed E-state index contributed by atoms with van der Waals surface area (Å²) in [5.41, 5.74) is 1.06. The number of hydrogen-bond acceptors (Lipinski definition) is 2. The van der Waals surface area contributed by atoms with E-state index in [0.29, 0.717) is 6.42 Å². The Morgan fingerprint density at radius 2 is 1.41 bits per heavy atom. The minimum Gasteiger partial charge on any atom is -0.508 e. The van der Waals surface area contributed by atoms with Crippen molar-refractivity contribution in [3.05, 3.63) is 29.8 Å². The van der Waals surface area contributed by atoms with Gasteiger partial charge in [0.15, 0.2) is 0 Å². The van der Waals surface area contributed by atoms with Crippen molar-refractivity contribution in [2.45, 2.75) is 103 Å². The van der Waals surface area contributed by atoms with Crippen molar-refractivity contribution in [3.8, 4) is 5.75 Å². The molecular formula is C24H40O3. The van der Waals surface area contributed by atoms with Crippen LogP contribution in [0.4, 0.5) is 0 Å². The van der Waals surface area contributed by atoms with E-state index >= 15 is 0 Å². The summed E-state index contributed by atoms with van der Waals surface area (Å²) in [4.78, 5) is 11.6. The van der Waals surface area contributed by atoms with Crippen molar-refractivity contribution in [3.63, 3.8) is 0 Å². The molecule has 27 heavy (non-hydrogen) atoms. The van der Waals surface area contributed by atoms with Crippen LogP contribution in [0.3, 0.4) is 0 Å². The van der Waals surface area contributed by atoms with Gasteiger partial charge in [0, 0.05) is 0 Å². The summed E-state index contributed by atoms with van der Waals surface area (Å²) in [5.74, 6) is -0.634. The highest BCUT2D eigenvalue weighted by Crippen LogP contribution is 2.32. The predicted octanol–water partition coefficient (Wildman–Crippen LogP) is 7.07. The van der Waals surface area contributed by atoms with Crippen LogP contribution in [0.25, 0.3) is 0 Å². The molecule has 0 saturated carbocycles. The zero-order valence-corrected chi connectivity index (χ0v) is 17.7. The summed E-state index contributed by atoms with van der Waals surface area (Å²) in [6.07, 6.45) is 13.7. The Morgan fingerprint density at radius 1 is 0.889 bits per heavy atom. The summed E-state index contributed by atoms with van der Waals surface area (Å²) in [6.45, 7) is 6.54. The van der Waals surface area contributed by atoms with Gasteiger partial charge in [-0.05, 0) is 42.4 Å². The summed E-state index contributed by atoms with van der Waals surface area (Å²) in [5, 5.41) is 19.0. The molecule has 0 saturated heterocycles. The van der Waals surface area contributed by atoms with Crippen molar-refractivity contribution in [2.75, 3.05) is 0 Å². The second-order valence-electron chi connectivity index (χ2n) is 8.62. The number of unbranched alkanes of at least 4 members (excludes halogenated alkanes) is 8. The van der Waals surface area contributed by atoms with Crippen LogP contribution in [0, 0.1) is 5.92 Å². The molecule has 1 aromatic carbocycles. The highest BCUT2D eigenvalue weighted by atomic mass is 16.4. The lowest BCUT2D eigenvalue weighted by Crippen LogP contribution is -2.21. The Balaban J connectivity index is 2.29. The van der Waals surface area contributed by atoms with Crippen molar-refractivity contribution < 1.29 is 15.0 Å². The fraction of sp³-hybridized carbons (Fsp3) is 0.708. The van der Waals surface area contributed by atoms with Gasteiger partial charge in [-0.25, -0.2) is 0 Å². The lowest BCUT2D eigenvalue weighted by atomic mass is 9.78. The molecule has 0 aromatic heterocycles. The van der Waals surface area contributed by atoms with E-state index in [1.165, 1.54) is 44.9 Å². The highest BCUT2D eigenvalue weighted by molar-refractivity contribution is 5.69. The normalized spacial score (nSPS) is 12.9. The van der Waals surface area contributed by atoms with Crippen LogP contribution in [0.15, 0.2) is 24.3 Å². The first-order chi connectivity index (χ1) is 12.9. The average molecular weight is 377 g/mol. The Bertz CT molecular complexity index is 519. The number of aromatic hydroxyl groups is 1. The first kappa shape index (κ1) is 23.5. The number of carboxylic acid groups (broad SMARTS) is 1. The molecule has 3 heteroatoms. The fourth-order valence-electron chi connectivity index (χ4n) is 3.68. The zero-order valence-electron chi connectivity index (χ0n) is 17.7. The van der Waals surface area contributed by atoms with E-state index in [9.17, 15) is 15.0 Å². The van der Waals surface area contributed by atoms with Crippen molar-refractivity contribution in [1.29, 1.82) is 0 Å². The predicted molar refractivity (Wildman–Crippen MR) is 113 cm³/mol. The molecule has 0 aliphatic carbocycles. The first-order valence-corrected chi connectivity index (χ1v) is 10.9. The van der Waals surface area contributed by atoms with Gasteiger partial charge in [0.25, 0.3) is 0 Å². The van der Waals surface area contributed by atoms with Crippen LogP contribution in [0.1, 0.15) is 103 Å². The van der Waals surface area contributed by atoms with Crippen molar-refractivity contribution in [2.24, 2.45) is 5.92 Å². The number of hydrogen-bond donors (Lipinski definition) is 2. The van der Waals surface area contributed by atoms with Crippen molar-refractivity contribution in [1.82, 2.24) is 0 Å². The highest BCUT2D eigenvalue weighted by Gasteiger charge is 2.25. The van der Waals surface area contributed by atoms with Gasteiger partial charge in [0.1, 0.15) is 5.75 Å². The lowest BCUT2D eigenvalue weighted by Gasteiger charge is -2.27. The molecule has 1 aromatic rings. The van der Waals surface area contributed by atoms with E-state index in [4.69, 9.17) is 0 Å². The molecule has 0 aliphatic rings. The van der Waals surface area contributed by atoms with Crippen LogP contribution in [-0.2, 0) is 10.2 Å². The minimum atomic E-state index is -0.656. The van der Waals surface area contributed by atoms with Crippen LogP contribution in [-0.4, -0.2) is 16.2 Å². The van der Waals surface area contributed by atoms with E-state index in [1.54, 1.807) is 12.1 Å². The van der Waals surface area contributed by atoms with Crippen LogP contribution >= 0.6 is 0 Å². The molecule has 0 spiro atoms. The summed E-state index contributed by atoms with van der Waals surface area (Å²) in [6, 6.07) is 7.28. The standard InChI is InChI=1S/C24H40O3/c1-4-5-6-7-8-9-10-11-12-13-20(23(26)27)18-19-24(2,3)21-14-16-22(25)17-15-21/h14-17,20,25H,4-13,18-19H2,1-3H3,(H,26,27). The van der Waals surface area contributed by atoms with E-state index in [2.05, 4.69) is 20.8 Å². The maximum Gasteiger partial charge on any atom is 0.306 e. The van der Waals surface area contributed by atoms with Crippen LogP contribution in [0.2, 0.25) is 0 Å². The average Bonchev–Trinajstić information content (AvgIpc) is 2.62. The Morgan fingerprint density at radius 3 is 1.93 bits per heavy atom. The number of aliphatic carboxylic acids is 1. The first-order valence-electron chi connectivity index (χ1n) is 10.9. The number of phenolic OH excluding ortho intramolecular Hbond substituents is 1. The molecule has 0 heterocycles. The van der Waals surface area contributed by atoms with Gasteiger partial charge in [-0.15, -0.1) is 0 Å². The SMILES string of the molecule is CCCCCCCCCCCC(CCC(C)(C)c1ccc(O)cc1)C(=O)O. The lowest BCUT2D eigenvalue weighted by molar-refractivity contribution is -0.142. The minimum absolute atomic E-state index is 0.0834. The smallest absolute Gasteiger partial charge is 0.306 e. The molecule has 0 radical (unpaired) electrons. The van der Waals surface area contributed by atoms with E-state index in [0.717, 1.165) is 31.2 Å². The molecule has 0 aliphatic heterocycles. The molecule has 0 bridgehead atoms. The maximum atomic E-state index is 11.6. The molecule has 2 N–H and O–H groups in total. The Hall–Kier alpha value is -1.51. The molecule has 0 amide bonds. The van der Waals surface area contributed by atoms with Gasteiger partial charge in [-0.1, -0.05) is 90.7 Å². The van der Waals surface area contributed by atoms with Gasteiger partial charge in [-0.3, -0.25) is 4.79 Å². The van der Waals surface area contributed by atoms with E-state index < -0.39 is 5.97 Å². The Labute approximate surface area is 166 Å². The van der Waals surface area contributed by atoms with Gasteiger partial charge >= 0.3 is 5.97 Å². The monoisotopic (exact) mass is 376 g/mol. The summed E-state index contributed by atoms with van der Waals surface area (Å²) >= 11 is 0. The fourth-order valence-corrected chi connectivity index (χ4v) is 3.68. The summed E-state index contributed by atoms with van der Waals surface area (Å²) in [7, 11) is 0. The number of carbonyl (C=O) groups is 1. The number of carboxylic acids is 1. The molecule has 1 unspecified atom stereocenters. The quantitative estimate of drug-likeness (QED) is 0.322. The third-order valence-corrected chi connectivity index (χ3v) is 5.77. The molecular weight excluding hydrogens is 336 g/mol. The Kier molecular flexibility index (Phi) is 11.2. The zero-order chi connectivity index (χ0) is 20.1. The van der Waals surface area contributed by atoms with Gasteiger partial charge in [0.2, 0.25) is 0 Å². The van der Waals surface area contributed by atoms with Gasteiger partial charge in [-0.2, -0.15) is 0 Å². The molecule has 154 valence electrons. The number of phenols is 1. The molecule has 3 nitrogen and oxygen atoms in total. The van der Waals surface area contributed by atoms with Crippen LogP contribution < -0.4 is 0 Å². The third kappa shape index (κ3) is 9.83. The number of benzene rings is 1. The molecule has 0 fully saturated rings. The van der Waals surface area contributed by atoms with Crippen LogP contribution in [0.5, 0.6) is 5.75 Å². The second kappa shape index (κ2) is 12.8. The topological polar surface area (TPSA) is 57.5 Å². The summed E-state index contributed by atoms with van der Waals surface area (Å²) < 4.78 is 0. The van der Waals surface area contributed by atoms with E-state index in [1.807, 2.05) is 12.1 Å². The maximum absolute atomic E-state index is 11.6. The second-order valence-corrected chi connectivity index (χ2v) is 8.62. The van der Waals surface area contributed by atoms with Gasteiger partial charge < -0.3 is 10.2 Å². The van der Waals surface area contributed by atoms with Gasteiger partial charge in [0.05, 0.1) is 5.92 Å². The molecule has 1 atom stereocenters. The largest absolute Gasteiger partial charge is 0.508 e. The van der Waals surface area contributed by atoms with Crippen molar-refractivity contribution >= 4 is 5.97 Å².